The van der Waals surface area contributed by atoms with Gasteiger partial charge in [0.1, 0.15) is 0 Å². The van der Waals surface area contributed by atoms with Gasteiger partial charge in [0.2, 0.25) is 0 Å². The summed E-state index contributed by atoms with van der Waals surface area (Å²) < 4.78 is 11.7. The van der Waals surface area contributed by atoms with E-state index in [1.807, 2.05) is 30.8 Å². The van der Waals surface area contributed by atoms with Gasteiger partial charge in [0.25, 0.3) is 0 Å². The third-order valence-corrected chi connectivity index (χ3v) is 3.60. The number of nitrogens with one attached hydrogen (secondary N) is 1. The number of hydrogen-bond donors (Lipinski definition) is 1. The van der Waals surface area contributed by atoms with E-state index in [9.17, 15) is 0 Å². The molecule has 0 heterocycles. The maximum Gasteiger partial charge on any atom is 0.165 e. The van der Waals surface area contributed by atoms with Crippen LogP contribution in [0.4, 0.5) is 0 Å². The quantitative estimate of drug-likeness (QED) is 0.667. The largest absolute Gasteiger partial charge is 0.490 e. The lowest BCUT2D eigenvalue weighted by molar-refractivity contribution is 0.286. The number of rotatable bonds is 10. The molecule has 1 rings (SSSR count). The molecule has 0 spiro atoms. The molecule has 3 nitrogen and oxygen atoms in total. The fourth-order valence-electron chi connectivity index (χ4n) is 1.79. The lowest BCUT2D eigenvalue weighted by atomic mass is 10.1. The van der Waals surface area contributed by atoms with E-state index in [4.69, 9.17) is 9.47 Å². The molecule has 0 aromatic heterocycles. The maximum absolute atomic E-state index is 5.97. The second-order valence-corrected chi connectivity index (χ2v) is 6.15. The van der Waals surface area contributed by atoms with Gasteiger partial charge in [-0.15, -0.1) is 0 Å². The van der Waals surface area contributed by atoms with Crippen LogP contribution in [0.3, 0.4) is 0 Å². The van der Waals surface area contributed by atoms with Crippen molar-refractivity contribution in [3.63, 3.8) is 0 Å². The first-order valence-electron chi connectivity index (χ1n) is 7.37. The standard InChI is InChI=1S/C16H27NO2S/c1-5-18-15-9-7-8-14(12-17-13(3)4)16(15)19-10-11-20-6-2/h7-9,13,17H,5-6,10-12H2,1-4H3. The number of hydrogen-bond acceptors (Lipinski definition) is 4. The van der Waals surface area contributed by atoms with Gasteiger partial charge in [-0.25, -0.2) is 0 Å². The summed E-state index contributed by atoms with van der Waals surface area (Å²) in [6.45, 7) is 10.6. The summed E-state index contributed by atoms with van der Waals surface area (Å²) in [6, 6.07) is 6.55. The lowest BCUT2D eigenvalue weighted by Crippen LogP contribution is -2.22. The van der Waals surface area contributed by atoms with E-state index in [2.05, 4.69) is 32.2 Å². The highest BCUT2D eigenvalue weighted by atomic mass is 32.2. The number of para-hydroxylation sites is 1. The molecule has 20 heavy (non-hydrogen) atoms. The van der Waals surface area contributed by atoms with E-state index in [-0.39, 0.29) is 0 Å². The second-order valence-electron chi connectivity index (χ2n) is 4.76. The van der Waals surface area contributed by atoms with Crippen molar-refractivity contribution in [1.82, 2.24) is 5.32 Å². The molecule has 0 bridgehead atoms. The van der Waals surface area contributed by atoms with Crippen molar-refractivity contribution in [2.45, 2.75) is 40.3 Å². The van der Waals surface area contributed by atoms with Gasteiger partial charge in [0.15, 0.2) is 11.5 Å². The van der Waals surface area contributed by atoms with Crippen LogP contribution in [-0.4, -0.2) is 30.8 Å². The summed E-state index contributed by atoms with van der Waals surface area (Å²) in [5, 5.41) is 3.43. The molecule has 0 atom stereocenters. The first-order valence-corrected chi connectivity index (χ1v) is 8.53. The van der Waals surface area contributed by atoms with E-state index in [0.29, 0.717) is 12.6 Å². The Hall–Kier alpha value is -0.870. The molecule has 4 heteroatoms. The Morgan fingerprint density at radius 1 is 1.20 bits per heavy atom. The van der Waals surface area contributed by atoms with Gasteiger partial charge in [0.05, 0.1) is 13.2 Å². The maximum atomic E-state index is 5.97. The second kappa shape index (κ2) is 9.94. The van der Waals surface area contributed by atoms with Crippen LogP contribution in [0.5, 0.6) is 11.5 Å². The summed E-state index contributed by atoms with van der Waals surface area (Å²) in [6.07, 6.45) is 0. The Morgan fingerprint density at radius 2 is 2.00 bits per heavy atom. The highest BCUT2D eigenvalue weighted by molar-refractivity contribution is 7.99. The Labute approximate surface area is 127 Å². The third-order valence-electron chi connectivity index (χ3n) is 2.74. The summed E-state index contributed by atoms with van der Waals surface area (Å²) in [7, 11) is 0. The van der Waals surface area contributed by atoms with Gasteiger partial charge in [-0.2, -0.15) is 11.8 Å². The first kappa shape index (κ1) is 17.2. The zero-order chi connectivity index (χ0) is 14.8. The highest BCUT2D eigenvalue weighted by Gasteiger charge is 2.11. The topological polar surface area (TPSA) is 30.5 Å². The zero-order valence-electron chi connectivity index (χ0n) is 13.1. The Morgan fingerprint density at radius 3 is 2.65 bits per heavy atom. The number of thioether (sulfide) groups is 1. The van der Waals surface area contributed by atoms with E-state index < -0.39 is 0 Å². The fourth-order valence-corrected chi connectivity index (χ4v) is 2.28. The molecule has 1 N–H and O–H groups in total. The Bertz CT molecular complexity index is 383. The molecule has 0 aliphatic carbocycles. The van der Waals surface area contributed by atoms with E-state index in [0.717, 1.165) is 41.7 Å². The van der Waals surface area contributed by atoms with Gasteiger partial charge in [-0.3, -0.25) is 0 Å². The molecule has 0 radical (unpaired) electrons. The van der Waals surface area contributed by atoms with Crippen LogP contribution in [0.15, 0.2) is 18.2 Å². The van der Waals surface area contributed by atoms with Crippen molar-refractivity contribution in [3.05, 3.63) is 23.8 Å². The molecule has 114 valence electrons. The minimum absolute atomic E-state index is 0.453. The SMILES string of the molecule is CCOc1cccc(CNC(C)C)c1OCCSCC. The van der Waals surface area contributed by atoms with Crippen LogP contribution in [0.25, 0.3) is 0 Å². The van der Waals surface area contributed by atoms with E-state index >= 15 is 0 Å². The molecule has 1 aromatic rings. The van der Waals surface area contributed by atoms with Crippen LogP contribution in [0.2, 0.25) is 0 Å². The summed E-state index contributed by atoms with van der Waals surface area (Å²) in [4.78, 5) is 0. The van der Waals surface area contributed by atoms with Crippen molar-refractivity contribution in [2.24, 2.45) is 0 Å². The van der Waals surface area contributed by atoms with Gasteiger partial charge in [0, 0.05) is 23.9 Å². The van der Waals surface area contributed by atoms with Crippen LogP contribution in [0.1, 0.15) is 33.3 Å². The monoisotopic (exact) mass is 297 g/mol. The van der Waals surface area contributed by atoms with Crippen LogP contribution < -0.4 is 14.8 Å². The molecule has 0 aliphatic heterocycles. The fraction of sp³-hybridized carbons (Fsp3) is 0.625. The minimum atomic E-state index is 0.453. The summed E-state index contributed by atoms with van der Waals surface area (Å²) >= 11 is 1.89. The zero-order valence-corrected chi connectivity index (χ0v) is 13.9. The van der Waals surface area contributed by atoms with E-state index in [1.165, 1.54) is 0 Å². The summed E-state index contributed by atoms with van der Waals surface area (Å²) in [5.41, 5.74) is 1.16. The van der Waals surface area contributed by atoms with Crippen LogP contribution in [0, 0.1) is 0 Å². The third kappa shape index (κ3) is 6.06. The van der Waals surface area contributed by atoms with Crippen molar-refractivity contribution >= 4 is 11.8 Å². The molecular weight excluding hydrogens is 270 g/mol. The first-order chi connectivity index (χ1) is 9.69. The van der Waals surface area contributed by atoms with Crippen LogP contribution in [-0.2, 0) is 6.54 Å². The Kier molecular flexibility index (Phi) is 8.54. The van der Waals surface area contributed by atoms with Gasteiger partial charge < -0.3 is 14.8 Å². The normalized spacial score (nSPS) is 10.8. The predicted octanol–water partition coefficient (Wildman–Crippen LogP) is 3.72. The predicted molar refractivity (Wildman–Crippen MR) is 88.1 cm³/mol. The Balaban J connectivity index is 2.76. The molecular formula is C16H27NO2S. The van der Waals surface area contributed by atoms with Crippen molar-refractivity contribution in [2.75, 3.05) is 24.7 Å². The molecule has 0 saturated heterocycles. The molecule has 0 amide bonds. The molecule has 0 saturated carbocycles. The van der Waals surface area contributed by atoms with Gasteiger partial charge >= 0.3 is 0 Å². The lowest BCUT2D eigenvalue weighted by Gasteiger charge is -2.17. The van der Waals surface area contributed by atoms with Gasteiger partial charge in [-0.1, -0.05) is 32.9 Å². The smallest absolute Gasteiger partial charge is 0.165 e. The van der Waals surface area contributed by atoms with Crippen molar-refractivity contribution in [3.8, 4) is 11.5 Å². The number of benzene rings is 1. The van der Waals surface area contributed by atoms with Crippen molar-refractivity contribution < 1.29 is 9.47 Å². The van der Waals surface area contributed by atoms with E-state index in [1.54, 1.807) is 0 Å². The minimum Gasteiger partial charge on any atom is -0.490 e. The van der Waals surface area contributed by atoms with Crippen LogP contribution >= 0.6 is 11.8 Å². The average Bonchev–Trinajstić information content (AvgIpc) is 2.43. The van der Waals surface area contributed by atoms with Gasteiger partial charge in [-0.05, 0) is 18.7 Å². The average molecular weight is 297 g/mol. The summed E-state index contributed by atoms with van der Waals surface area (Å²) in [5.74, 6) is 3.86. The molecule has 1 aromatic carbocycles. The molecule has 0 fully saturated rings. The number of ether oxygens (including phenoxy) is 2. The van der Waals surface area contributed by atoms with Crippen molar-refractivity contribution in [1.29, 1.82) is 0 Å². The molecule has 0 aliphatic rings. The molecule has 0 unspecified atom stereocenters. The highest BCUT2D eigenvalue weighted by Crippen LogP contribution is 2.31.